The molecule has 0 heterocycles. The highest BCUT2D eigenvalue weighted by Crippen LogP contribution is 2.29. The third kappa shape index (κ3) is 8.33. The zero-order valence-corrected chi connectivity index (χ0v) is 10.7. The molecule has 1 aliphatic carbocycles. The molecular formula is C13H30. The first-order chi connectivity index (χ1) is 6.33. The van der Waals surface area contributed by atoms with Gasteiger partial charge < -0.3 is 0 Å². The highest BCUT2D eigenvalue weighted by molar-refractivity contribution is 4.68. The van der Waals surface area contributed by atoms with Crippen molar-refractivity contribution >= 4 is 0 Å². The Balaban J connectivity index is 0. The minimum atomic E-state index is 1.02. The van der Waals surface area contributed by atoms with E-state index in [2.05, 4.69) is 13.8 Å². The van der Waals surface area contributed by atoms with E-state index in [0.717, 1.165) is 11.8 Å². The molecule has 0 bridgehead atoms. The molecule has 0 aromatic carbocycles. The third-order valence-corrected chi connectivity index (χ3v) is 2.71. The van der Waals surface area contributed by atoms with E-state index in [9.17, 15) is 0 Å². The van der Waals surface area contributed by atoms with Crippen LogP contribution in [0.4, 0.5) is 0 Å². The van der Waals surface area contributed by atoms with Gasteiger partial charge in [0.25, 0.3) is 0 Å². The molecule has 0 unspecified atom stereocenters. The van der Waals surface area contributed by atoms with Gasteiger partial charge >= 0.3 is 0 Å². The molecule has 0 aromatic heterocycles. The van der Waals surface area contributed by atoms with Crippen LogP contribution in [0.5, 0.6) is 0 Å². The van der Waals surface area contributed by atoms with Crippen molar-refractivity contribution in [3.05, 3.63) is 0 Å². The molecule has 0 aliphatic heterocycles. The predicted molar refractivity (Wildman–Crippen MR) is 64.1 cm³/mol. The normalized spacial score (nSPS) is 26.3. The smallest absolute Gasteiger partial charge is 0.0417 e. The highest BCUT2D eigenvalue weighted by atomic mass is 14.2. The summed E-state index contributed by atoms with van der Waals surface area (Å²) in [4.78, 5) is 0. The van der Waals surface area contributed by atoms with Crippen LogP contribution in [0.2, 0.25) is 0 Å². The fraction of sp³-hybridized carbons (Fsp3) is 1.00. The third-order valence-electron chi connectivity index (χ3n) is 2.71. The number of hydrogen-bond acceptors (Lipinski definition) is 0. The first-order valence-electron chi connectivity index (χ1n) is 6.33. The summed E-state index contributed by atoms with van der Waals surface area (Å²) >= 11 is 0. The van der Waals surface area contributed by atoms with Crippen molar-refractivity contribution in [1.82, 2.24) is 0 Å². The molecular weight excluding hydrogens is 156 g/mol. The maximum atomic E-state index is 2.38. The lowest BCUT2D eigenvalue weighted by atomic mass is 9.82. The Kier molecular flexibility index (Phi) is 14.3. The van der Waals surface area contributed by atoms with Crippen LogP contribution in [0.25, 0.3) is 0 Å². The molecule has 0 atom stereocenters. The summed E-state index contributed by atoms with van der Waals surface area (Å²) in [6.07, 6.45) is 7.37. The maximum Gasteiger partial charge on any atom is -0.0417 e. The standard InChI is InChI=1S/C9H18.2C2H6/c1-3-9-6-4-8(2)5-7-9;2*1-2/h8-9H,3-7H2,1-2H3;2*1-2H3. The van der Waals surface area contributed by atoms with Gasteiger partial charge in [-0.15, -0.1) is 0 Å². The van der Waals surface area contributed by atoms with E-state index in [1.165, 1.54) is 32.1 Å². The molecule has 0 radical (unpaired) electrons. The van der Waals surface area contributed by atoms with Crippen molar-refractivity contribution in [2.45, 2.75) is 73.6 Å². The summed E-state index contributed by atoms with van der Waals surface area (Å²) in [5.74, 6) is 2.09. The van der Waals surface area contributed by atoms with Gasteiger partial charge in [0.05, 0.1) is 0 Å². The second kappa shape index (κ2) is 12.0. The zero-order valence-electron chi connectivity index (χ0n) is 10.7. The molecule has 13 heavy (non-hydrogen) atoms. The van der Waals surface area contributed by atoms with E-state index >= 15 is 0 Å². The average molecular weight is 186 g/mol. The second-order valence-corrected chi connectivity index (χ2v) is 3.53. The van der Waals surface area contributed by atoms with E-state index in [1.807, 2.05) is 27.7 Å². The Hall–Kier alpha value is 0. The lowest BCUT2D eigenvalue weighted by molar-refractivity contribution is 0.284. The topological polar surface area (TPSA) is 0 Å². The van der Waals surface area contributed by atoms with Crippen molar-refractivity contribution in [3.8, 4) is 0 Å². The second-order valence-electron chi connectivity index (χ2n) is 3.53. The summed E-state index contributed by atoms with van der Waals surface area (Å²) in [6, 6.07) is 0. The van der Waals surface area contributed by atoms with Crippen LogP contribution in [-0.4, -0.2) is 0 Å². The fourth-order valence-electron chi connectivity index (χ4n) is 1.74. The monoisotopic (exact) mass is 186 g/mol. The lowest BCUT2D eigenvalue weighted by Crippen LogP contribution is -2.10. The van der Waals surface area contributed by atoms with Crippen molar-refractivity contribution in [2.24, 2.45) is 11.8 Å². The van der Waals surface area contributed by atoms with Crippen molar-refractivity contribution in [1.29, 1.82) is 0 Å². The van der Waals surface area contributed by atoms with Crippen molar-refractivity contribution < 1.29 is 0 Å². The molecule has 0 amide bonds. The van der Waals surface area contributed by atoms with Crippen LogP contribution in [0, 0.1) is 11.8 Å². The predicted octanol–water partition coefficient (Wildman–Crippen LogP) is 5.28. The SMILES string of the molecule is CC.CC.CCC1CCC(C)CC1. The lowest BCUT2D eigenvalue weighted by Gasteiger charge is -2.24. The van der Waals surface area contributed by atoms with E-state index in [-0.39, 0.29) is 0 Å². The molecule has 0 N–H and O–H groups in total. The van der Waals surface area contributed by atoms with Gasteiger partial charge in [-0.1, -0.05) is 73.6 Å². The van der Waals surface area contributed by atoms with Crippen molar-refractivity contribution in [3.63, 3.8) is 0 Å². The molecule has 0 heteroatoms. The minimum Gasteiger partial charge on any atom is -0.0683 e. The van der Waals surface area contributed by atoms with E-state index in [4.69, 9.17) is 0 Å². The zero-order chi connectivity index (χ0) is 10.7. The van der Waals surface area contributed by atoms with E-state index < -0.39 is 0 Å². The van der Waals surface area contributed by atoms with Gasteiger partial charge in [0.2, 0.25) is 0 Å². The maximum absolute atomic E-state index is 2.38. The average Bonchev–Trinajstić information content (AvgIpc) is 2.25. The summed E-state index contributed by atoms with van der Waals surface area (Å²) in [7, 11) is 0. The Labute approximate surface area is 86.1 Å². The molecule has 0 aromatic rings. The minimum absolute atomic E-state index is 1.02. The van der Waals surface area contributed by atoms with Crippen LogP contribution in [0.15, 0.2) is 0 Å². The molecule has 1 aliphatic rings. The molecule has 1 saturated carbocycles. The van der Waals surface area contributed by atoms with Gasteiger partial charge in [-0.3, -0.25) is 0 Å². The van der Waals surface area contributed by atoms with Crippen LogP contribution < -0.4 is 0 Å². The van der Waals surface area contributed by atoms with Crippen LogP contribution in [0.3, 0.4) is 0 Å². The number of hydrogen-bond donors (Lipinski definition) is 0. The van der Waals surface area contributed by atoms with Gasteiger partial charge in [-0.2, -0.15) is 0 Å². The first-order valence-corrected chi connectivity index (χ1v) is 6.33. The Morgan fingerprint density at radius 2 is 1.23 bits per heavy atom. The highest BCUT2D eigenvalue weighted by Gasteiger charge is 2.15. The quantitative estimate of drug-likeness (QED) is 0.523. The van der Waals surface area contributed by atoms with Gasteiger partial charge in [-0.05, 0) is 11.8 Å². The van der Waals surface area contributed by atoms with Gasteiger partial charge in [0.1, 0.15) is 0 Å². The van der Waals surface area contributed by atoms with E-state index in [0.29, 0.717) is 0 Å². The van der Waals surface area contributed by atoms with Crippen LogP contribution in [-0.2, 0) is 0 Å². The summed E-state index contributed by atoms with van der Waals surface area (Å²) in [5.41, 5.74) is 0. The van der Waals surface area contributed by atoms with Crippen LogP contribution in [0.1, 0.15) is 73.6 Å². The van der Waals surface area contributed by atoms with Gasteiger partial charge in [-0.25, -0.2) is 0 Å². The van der Waals surface area contributed by atoms with Gasteiger partial charge in [0.15, 0.2) is 0 Å². The number of rotatable bonds is 1. The Morgan fingerprint density at radius 3 is 1.54 bits per heavy atom. The van der Waals surface area contributed by atoms with Crippen LogP contribution >= 0.6 is 0 Å². The summed E-state index contributed by atoms with van der Waals surface area (Å²) in [5, 5.41) is 0. The molecule has 1 rings (SSSR count). The molecule has 82 valence electrons. The summed E-state index contributed by atoms with van der Waals surface area (Å²) in [6.45, 7) is 12.7. The first kappa shape index (κ1) is 15.5. The van der Waals surface area contributed by atoms with Gasteiger partial charge in [0, 0.05) is 0 Å². The molecule has 0 nitrogen and oxygen atoms in total. The largest absolute Gasteiger partial charge is 0.0683 e. The fourth-order valence-corrected chi connectivity index (χ4v) is 1.74. The molecule has 0 spiro atoms. The molecule has 1 fully saturated rings. The molecule has 0 saturated heterocycles. The Morgan fingerprint density at radius 1 is 0.846 bits per heavy atom. The van der Waals surface area contributed by atoms with E-state index in [1.54, 1.807) is 0 Å². The van der Waals surface area contributed by atoms with Crippen molar-refractivity contribution in [2.75, 3.05) is 0 Å². The summed E-state index contributed by atoms with van der Waals surface area (Å²) < 4.78 is 0. The Bertz CT molecular complexity index is 68.1.